The second-order valence-corrected chi connectivity index (χ2v) is 6.56. The van der Waals surface area contributed by atoms with E-state index < -0.39 is 28.4 Å². The molecule has 0 radical (unpaired) electrons. The number of rotatable bonds is 4. The first kappa shape index (κ1) is 18.1. The van der Waals surface area contributed by atoms with Gasteiger partial charge in [-0.05, 0) is 55.8 Å². The number of halogens is 1. The van der Waals surface area contributed by atoms with E-state index in [2.05, 4.69) is 21.2 Å². The molecule has 0 heterocycles. The Kier molecular flexibility index (Phi) is 5.65. The highest BCUT2D eigenvalue weighted by atomic mass is 79.9. The van der Waals surface area contributed by atoms with Crippen LogP contribution >= 0.6 is 15.9 Å². The van der Waals surface area contributed by atoms with Gasteiger partial charge in [0.1, 0.15) is 0 Å². The van der Waals surface area contributed by atoms with Gasteiger partial charge < -0.3 is 10.1 Å². The quantitative estimate of drug-likeness (QED) is 0.497. The largest absolute Gasteiger partial charge is 0.449 e. The van der Waals surface area contributed by atoms with Crippen molar-refractivity contribution in [3.05, 3.63) is 38.3 Å². The third-order valence-electron chi connectivity index (χ3n) is 2.53. The van der Waals surface area contributed by atoms with Crippen LogP contribution in [0, 0.1) is 10.1 Å². The number of ether oxygens (including phenoxy) is 1. The van der Waals surface area contributed by atoms with Crippen LogP contribution in [0.25, 0.3) is 0 Å². The van der Waals surface area contributed by atoms with E-state index in [1.165, 1.54) is 19.1 Å². The maximum absolute atomic E-state index is 12.0. The standard InChI is InChI=1S/C14H17BrN2O5/c1-8(12(18)16-14(2,3)4)22-13(19)9-5-6-10(15)11(7-9)17(20)21/h5-8H,1-4H3,(H,16,18)/t8-/m0/s1. The SMILES string of the molecule is C[C@H](OC(=O)c1ccc(Br)c([N+](=O)[O-])c1)C(=O)NC(C)(C)C. The average Bonchev–Trinajstić information content (AvgIpc) is 2.36. The lowest BCUT2D eigenvalue weighted by atomic mass is 10.1. The number of nitro groups is 1. The number of hydrogen-bond donors (Lipinski definition) is 1. The maximum Gasteiger partial charge on any atom is 0.339 e. The molecule has 0 saturated heterocycles. The van der Waals surface area contributed by atoms with Crippen LogP contribution in [-0.2, 0) is 9.53 Å². The van der Waals surface area contributed by atoms with Crippen molar-refractivity contribution in [2.75, 3.05) is 0 Å². The molecule has 0 saturated carbocycles. The number of esters is 1. The predicted molar refractivity (Wildman–Crippen MR) is 83.6 cm³/mol. The Balaban J connectivity index is 2.83. The molecule has 1 atom stereocenters. The summed E-state index contributed by atoms with van der Waals surface area (Å²) in [4.78, 5) is 34.1. The fourth-order valence-electron chi connectivity index (χ4n) is 1.53. The van der Waals surface area contributed by atoms with Gasteiger partial charge in [0.2, 0.25) is 0 Å². The van der Waals surface area contributed by atoms with Gasteiger partial charge in [0.15, 0.2) is 6.10 Å². The monoisotopic (exact) mass is 372 g/mol. The molecule has 0 aliphatic rings. The van der Waals surface area contributed by atoms with Crippen LogP contribution in [0.2, 0.25) is 0 Å². The summed E-state index contributed by atoms with van der Waals surface area (Å²) in [5.74, 6) is -1.24. The third kappa shape index (κ3) is 5.10. The molecular weight excluding hydrogens is 356 g/mol. The number of amides is 1. The summed E-state index contributed by atoms with van der Waals surface area (Å²) in [5.41, 5.74) is -0.694. The zero-order valence-electron chi connectivity index (χ0n) is 12.7. The fraction of sp³-hybridized carbons (Fsp3) is 0.429. The van der Waals surface area contributed by atoms with E-state index in [0.29, 0.717) is 0 Å². The Bertz CT molecular complexity index is 610. The molecule has 7 nitrogen and oxygen atoms in total. The molecule has 0 aromatic heterocycles. The zero-order valence-corrected chi connectivity index (χ0v) is 14.3. The Morgan fingerprint density at radius 1 is 1.36 bits per heavy atom. The highest BCUT2D eigenvalue weighted by Crippen LogP contribution is 2.26. The number of nitro benzene ring substituents is 1. The van der Waals surface area contributed by atoms with E-state index in [-0.39, 0.29) is 15.7 Å². The lowest BCUT2D eigenvalue weighted by Crippen LogP contribution is -2.46. The van der Waals surface area contributed by atoms with Gasteiger partial charge in [-0.2, -0.15) is 0 Å². The molecule has 0 bridgehead atoms. The second-order valence-electron chi connectivity index (χ2n) is 5.71. The molecule has 22 heavy (non-hydrogen) atoms. The van der Waals surface area contributed by atoms with Crippen molar-refractivity contribution >= 4 is 33.5 Å². The number of carbonyl (C=O) groups excluding carboxylic acids is 2. The first-order valence-electron chi connectivity index (χ1n) is 6.48. The van der Waals surface area contributed by atoms with Crippen molar-refractivity contribution < 1.29 is 19.2 Å². The molecular formula is C14H17BrN2O5. The van der Waals surface area contributed by atoms with Gasteiger partial charge in [0.05, 0.1) is 15.0 Å². The molecule has 0 fully saturated rings. The van der Waals surface area contributed by atoms with Crippen molar-refractivity contribution in [2.24, 2.45) is 0 Å². The van der Waals surface area contributed by atoms with Gasteiger partial charge in [0, 0.05) is 11.6 Å². The third-order valence-corrected chi connectivity index (χ3v) is 3.20. The summed E-state index contributed by atoms with van der Waals surface area (Å²) in [6.45, 7) is 6.85. The molecule has 0 spiro atoms. The molecule has 0 aliphatic carbocycles. The lowest BCUT2D eigenvalue weighted by Gasteiger charge is -2.23. The Morgan fingerprint density at radius 3 is 2.45 bits per heavy atom. The van der Waals surface area contributed by atoms with Crippen LogP contribution in [0.4, 0.5) is 5.69 Å². The summed E-state index contributed by atoms with van der Waals surface area (Å²) in [7, 11) is 0. The summed E-state index contributed by atoms with van der Waals surface area (Å²) < 4.78 is 5.29. The molecule has 8 heteroatoms. The van der Waals surface area contributed by atoms with Crippen molar-refractivity contribution in [1.29, 1.82) is 0 Å². The minimum absolute atomic E-state index is 0.00492. The van der Waals surface area contributed by atoms with E-state index in [1.807, 2.05) is 0 Å². The molecule has 1 amide bonds. The van der Waals surface area contributed by atoms with Crippen molar-refractivity contribution in [3.63, 3.8) is 0 Å². The van der Waals surface area contributed by atoms with Crippen LogP contribution < -0.4 is 5.32 Å². The first-order chi connectivity index (χ1) is 10.0. The van der Waals surface area contributed by atoms with E-state index in [4.69, 9.17) is 4.74 Å². The van der Waals surface area contributed by atoms with Crippen LogP contribution in [-0.4, -0.2) is 28.4 Å². The van der Waals surface area contributed by atoms with Crippen LogP contribution in [0.3, 0.4) is 0 Å². The maximum atomic E-state index is 12.0. The lowest BCUT2D eigenvalue weighted by molar-refractivity contribution is -0.385. The van der Waals surface area contributed by atoms with Crippen molar-refractivity contribution in [2.45, 2.75) is 39.3 Å². The molecule has 1 rings (SSSR count). The normalized spacial score (nSPS) is 12.4. The molecule has 1 aromatic carbocycles. The minimum atomic E-state index is -1.01. The zero-order chi connectivity index (χ0) is 17.1. The number of benzene rings is 1. The van der Waals surface area contributed by atoms with Crippen LogP contribution in [0.15, 0.2) is 22.7 Å². The summed E-state index contributed by atoms with van der Waals surface area (Å²) in [6, 6.07) is 3.86. The number of nitrogens with one attached hydrogen (secondary N) is 1. The molecule has 0 aliphatic heterocycles. The van der Waals surface area contributed by atoms with Gasteiger partial charge in [-0.15, -0.1) is 0 Å². The molecule has 1 N–H and O–H groups in total. The molecule has 120 valence electrons. The molecule has 1 aromatic rings. The summed E-state index contributed by atoms with van der Waals surface area (Å²) >= 11 is 3.03. The van der Waals surface area contributed by atoms with Gasteiger partial charge in [-0.1, -0.05) is 0 Å². The van der Waals surface area contributed by atoms with Crippen LogP contribution in [0.5, 0.6) is 0 Å². The Morgan fingerprint density at radius 2 is 1.95 bits per heavy atom. The summed E-state index contributed by atoms with van der Waals surface area (Å²) in [5, 5.41) is 13.5. The Hall–Kier alpha value is -1.96. The van der Waals surface area contributed by atoms with Gasteiger partial charge in [-0.3, -0.25) is 14.9 Å². The number of hydrogen-bond acceptors (Lipinski definition) is 5. The Labute approximate surface area is 136 Å². The average molecular weight is 373 g/mol. The van der Waals surface area contributed by atoms with Crippen molar-refractivity contribution in [1.82, 2.24) is 5.32 Å². The fourth-order valence-corrected chi connectivity index (χ4v) is 1.92. The second kappa shape index (κ2) is 6.87. The highest BCUT2D eigenvalue weighted by Gasteiger charge is 2.24. The smallest absolute Gasteiger partial charge is 0.339 e. The van der Waals surface area contributed by atoms with E-state index in [9.17, 15) is 19.7 Å². The van der Waals surface area contributed by atoms with Gasteiger partial charge in [-0.25, -0.2) is 4.79 Å². The minimum Gasteiger partial charge on any atom is -0.449 e. The van der Waals surface area contributed by atoms with Crippen molar-refractivity contribution in [3.8, 4) is 0 Å². The number of carbonyl (C=O) groups is 2. The highest BCUT2D eigenvalue weighted by molar-refractivity contribution is 9.10. The summed E-state index contributed by atoms with van der Waals surface area (Å²) in [6.07, 6.45) is -1.01. The first-order valence-corrected chi connectivity index (χ1v) is 7.27. The van der Waals surface area contributed by atoms with E-state index >= 15 is 0 Å². The topological polar surface area (TPSA) is 98.5 Å². The van der Waals surface area contributed by atoms with E-state index in [1.54, 1.807) is 20.8 Å². The van der Waals surface area contributed by atoms with Gasteiger partial charge in [0.25, 0.3) is 11.6 Å². The van der Waals surface area contributed by atoms with E-state index in [0.717, 1.165) is 6.07 Å². The van der Waals surface area contributed by atoms with Crippen LogP contribution in [0.1, 0.15) is 38.1 Å². The predicted octanol–water partition coefficient (Wildman–Crippen LogP) is 2.82. The van der Waals surface area contributed by atoms with Gasteiger partial charge >= 0.3 is 5.97 Å². The molecule has 0 unspecified atom stereocenters. The number of nitrogens with zero attached hydrogens (tertiary/aromatic N) is 1.